The van der Waals surface area contributed by atoms with Crippen LogP contribution in [-0.4, -0.2) is 18.3 Å². The van der Waals surface area contributed by atoms with Gasteiger partial charge >= 0.3 is 0 Å². The second-order valence-corrected chi connectivity index (χ2v) is 5.33. The van der Waals surface area contributed by atoms with Crippen LogP contribution < -0.4 is 10.1 Å². The molecule has 0 saturated carbocycles. The van der Waals surface area contributed by atoms with E-state index in [9.17, 15) is 9.59 Å². The van der Waals surface area contributed by atoms with Gasteiger partial charge in [0, 0.05) is 5.69 Å². The van der Waals surface area contributed by atoms with E-state index in [1.54, 1.807) is 42.5 Å². The number of ketones is 1. The number of hydrogen-bond acceptors (Lipinski definition) is 3. The van der Waals surface area contributed by atoms with Crippen LogP contribution in [0.3, 0.4) is 0 Å². The Kier molecular flexibility index (Phi) is 5.41. The predicted octanol–water partition coefficient (Wildman–Crippen LogP) is 4.21. The highest BCUT2D eigenvalue weighted by Crippen LogP contribution is 2.25. The van der Waals surface area contributed by atoms with Crippen LogP contribution in [0.1, 0.15) is 17.3 Å². The lowest BCUT2D eigenvalue weighted by Crippen LogP contribution is -2.20. The molecule has 0 saturated heterocycles. The van der Waals surface area contributed by atoms with Crippen molar-refractivity contribution < 1.29 is 14.3 Å². The van der Waals surface area contributed by atoms with E-state index in [1.807, 2.05) is 0 Å². The summed E-state index contributed by atoms with van der Waals surface area (Å²) in [6, 6.07) is 11.5. The molecule has 0 atom stereocenters. The lowest BCUT2D eigenvalue weighted by atomic mass is 10.1. The third kappa shape index (κ3) is 4.23. The van der Waals surface area contributed by atoms with Crippen molar-refractivity contribution in [1.82, 2.24) is 0 Å². The minimum Gasteiger partial charge on any atom is -0.483 e. The van der Waals surface area contributed by atoms with Gasteiger partial charge in [0.25, 0.3) is 5.91 Å². The number of benzene rings is 2. The number of nitrogens with one attached hydrogen (secondary N) is 1. The zero-order chi connectivity index (χ0) is 16.1. The summed E-state index contributed by atoms with van der Waals surface area (Å²) in [5.74, 6) is -0.114. The van der Waals surface area contributed by atoms with Gasteiger partial charge in [-0.05, 0) is 37.3 Å². The molecule has 0 radical (unpaired) electrons. The smallest absolute Gasteiger partial charge is 0.262 e. The standard InChI is InChI=1S/C16H13Cl2NO3/c1-10(20)12-4-2-3-5-15(12)22-9-16(21)19-11-6-7-13(17)14(18)8-11/h2-8H,9H2,1H3,(H,19,21). The number of Topliss-reactive ketones (excluding diaryl/α,β-unsaturated/α-hetero) is 1. The third-order valence-electron chi connectivity index (χ3n) is 2.83. The quantitative estimate of drug-likeness (QED) is 0.831. The molecule has 22 heavy (non-hydrogen) atoms. The minimum absolute atomic E-state index is 0.125. The van der Waals surface area contributed by atoms with Crippen molar-refractivity contribution in [3.05, 3.63) is 58.1 Å². The van der Waals surface area contributed by atoms with E-state index >= 15 is 0 Å². The Balaban J connectivity index is 1.98. The summed E-state index contributed by atoms with van der Waals surface area (Å²) in [7, 11) is 0. The van der Waals surface area contributed by atoms with E-state index in [0.717, 1.165) is 0 Å². The second-order valence-electron chi connectivity index (χ2n) is 4.52. The van der Waals surface area contributed by atoms with Gasteiger partial charge in [-0.15, -0.1) is 0 Å². The summed E-state index contributed by atoms with van der Waals surface area (Å²) >= 11 is 11.7. The third-order valence-corrected chi connectivity index (χ3v) is 3.57. The van der Waals surface area contributed by atoms with Crippen molar-refractivity contribution in [2.75, 3.05) is 11.9 Å². The molecule has 0 aliphatic carbocycles. The summed E-state index contributed by atoms with van der Waals surface area (Å²) in [6.45, 7) is 1.22. The Morgan fingerprint density at radius 1 is 1.09 bits per heavy atom. The largest absolute Gasteiger partial charge is 0.483 e. The fourth-order valence-electron chi connectivity index (χ4n) is 1.80. The number of carbonyl (C=O) groups excluding carboxylic acids is 2. The van der Waals surface area contributed by atoms with Crippen LogP contribution in [0.2, 0.25) is 10.0 Å². The van der Waals surface area contributed by atoms with E-state index in [1.165, 1.54) is 6.92 Å². The van der Waals surface area contributed by atoms with Gasteiger partial charge < -0.3 is 10.1 Å². The van der Waals surface area contributed by atoms with Gasteiger partial charge in [0.05, 0.1) is 15.6 Å². The lowest BCUT2D eigenvalue weighted by molar-refractivity contribution is -0.118. The zero-order valence-corrected chi connectivity index (χ0v) is 13.2. The van der Waals surface area contributed by atoms with Crippen LogP contribution in [0.5, 0.6) is 5.75 Å². The van der Waals surface area contributed by atoms with Gasteiger partial charge in [0.2, 0.25) is 0 Å². The first-order chi connectivity index (χ1) is 10.5. The van der Waals surface area contributed by atoms with E-state index in [2.05, 4.69) is 5.32 Å². The molecule has 4 nitrogen and oxygen atoms in total. The molecule has 0 aromatic heterocycles. The molecule has 0 fully saturated rings. The Labute approximate surface area is 138 Å². The number of rotatable bonds is 5. The van der Waals surface area contributed by atoms with Crippen molar-refractivity contribution in [1.29, 1.82) is 0 Å². The van der Waals surface area contributed by atoms with Crippen molar-refractivity contribution in [3.63, 3.8) is 0 Å². The van der Waals surface area contributed by atoms with Crippen LogP contribution >= 0.6 is 23.2 Å². The van der Waals surface area contributed by atoms with Gasteiger partial charge in [-0.1, -0.05) is 35.3 Å². The summed E-state index contributed by atoms with van der Waals surface area (Å²) in [6.07, 6.45) is 0. The first-order valence-corrected chi connectivity index (χ1v) is 7.20. The molecular formula is C16H13Cl2NO3. The lowest BCUT2D eigenvalue weighted by Gasteiger charge is -2.10. The normalized spacial score (nSPS) is 10.1. The first-order valence-electron chi connectivity index (χ1n) is 6.45. The van der Waals surface area contributed by atoms with Crippen LogP contribution in [0.25, 0.3) is 0 Å². The molecule has 114 valence electrons. The van der Waals surface area contributed by atoms with Gasteiger partial charge in [-0.2, -0.15) is 0 Å². The Morgan fingerprint density at radius 2 is 1.82 bits per heavy atom. The SMILES string of the molecule is CC(=O)c1ccccc1OCC(=O)Nc1ccc(Cl)c(Cl)c1. The van der Waals surface area contributed by atoms with Crippen LogP contribution in [0.4, 0.5) is 5.69 Å². The van der Waals surface area contributed by atoms with E-state index < -0.39 is 0 Å². The molecule has 2 aromatic carbocycles. The van der Waals surface area contributed by atoms with Crippen LogP contribution in [0, 0.1) is 0 Å². The number of amides is 1. The Hall–Kier alpha value is -2.04. The van der Waals surface area contributed by atoms with E-state index in [-0.39, 0.29) is 18.3 Å². The van der Waals surface area contributed by atoms with E-state index in [0.29, 0.717) is 27.0 Å². The molecule has 2 rings (SSSR count). The minimum atomic E-state index is -0.364. The average molecular weight is 338 g/mol. The highest BCUT2D eigenvalue weighted by Gasteiger charge is 2.10. The van der Waals surface area contributed by atoms with Crippen molar-refractivity contribution in [2.45, 2.75) is 6.92 Å². The molecule has 0 bridgehead atoms. The Morgan fingerprint density at radius 3 is 2.50 bits per heavy atom. The predicted molar refractivity (Wildman–Crippen MR) is 87.0 cm³/mol. The summed E-state index contributed by atoms with van der Waals surface area (Å²) in [5.41, 5.74) is 0.952. The molecule has 0 aliphatic rings. The number of para-hydroxylation sites is 1. The van der Waals surface area contributed by atoms with E-state index in [4.69, 9.17) is 27.9 Å². The molecule has 1 N–H and O–H groups in total. The van der Waals surface area contributed by atoms with Gasteiger partial charge in [-0.25, -0.2) is 0 Å². The zero-order valence-electron chi connectivity index (χ0n) is 11.7. The number of halogens is 2. The van der Waals surface area contributed by atoms with Gasteiger partial charge in [-0.3, -0.25) is 9.59 Å². The van der Waals surface area contributed by atoms with Crippen molar-refractivity contribution >= 4 is 40.6 Å². The summed E-state index contributed by atoms with van der Waals surface area (Å²) in [4.78, 5) is 23.3. The molecule has 1 amide bonds. The highest BCUT2D eigenvalue weighted by atomic mass is 35.5. The maximum absolute atomic E-state index is 11.9. The maximum atomic E-state index is 11.9. The first kappa shape index (κ1) is 16.3. The maximum Gasteiger partial charge on any atom is 0.262 e. The van der Waals surface area contributed by atoms with Gasteiger partial charge in [0.1, 0.15) is 5.75 Å². The number of carbonyl (C=O) groups is 2. The second kappa shape index (κ2) is 7.29. The number of hydrogen-bond donors (Lipinski definition) is 1. The fourth-order valence-corrected chi connectivity index (χ4v) is 2.10. The summed E-state index contributed by atoms with van der Waals surface area (Å²) < 4.78 is 5.39. The highest BCUT2D eigenvalue weighted by molar-refractivity contribution is 6.42. The molecule has 0 aliphatic heterocycles. The molecular weight excluding hydrogens is 325 g/mol. The molecule has 2 aromatic rings. The van der Waals surface area contributed by atoms with Gasteiger partial charge in [0.15, 0.2) is 12.4 Å². The topological polar surface area (TPSA) is 55.4 Å². The molecule has 0 heterocycles. The number of ether oxygens (including phenoxy) is 1. The molecule has 0 spiro atoms. The molecule has 6 heteroatoms. The molecule has 0 unspecified atom stereocenters. The Bertz CT molecular complexity index is 716. The number of anilines is 1. The van der Waals surface area contributed by atoms with Crippen molar-refractivity contribution in [2.24, 2.45) is 0 Å². The summed E-state index contributed by atoms with van der Waals surface area (Å²) in [5, 5.41) is 3.39. The fraction of sp³-hybridized carbons (Fsp3) is 0.125. The monoisotopic (exact) mass is 337 g/mol. The average Bonchev–Trinajstić information content (AvgIpc) is 2.49. The van der Waals surface area contributed by atoms with Crippen LogP contribution in [-0.2, 0) is 4.79 Å². The van der Waals surface area contributed by atoms with Crippen LogP contribution in [0.15, 0.2) is 42.5 Å². The van der Waals surface area contributed by atoms with Crippen molar-refractivity contribution in [3.8, 4) is 5.75 Å².